The Hall–Kier alpha value is -1.78. The number of rotatable bonds is 2. The number of hydrogen-bond acceptors (Lipinski definition) is 4. The van der Waals surface area contributed by atoms with Crippen LogP contribution in [0.4, 0.5) is 5.95 Å². The van der Waals surface area contributed by atoms with Crippen LogP contribution in [0.1, 0.15) is 11.4 Å². The standard InChI is InChI=1S/C8H10N4O/c1-4-7(13)10-8-9-5(2)6(3)11-12-8/h4H,1H2,2-3H3,(H,9,10,12,13). The number of anilines is 1. The maximum atomic E-state index is 10.8. The third-order valence-corrected chi connectivity index (χ3v) is 1.51. The van der Waals surface area contributed by atoms with E-state index in [-0.39, 0.29) is 11.9 Å². The van der Waals surface area contributed by atoms with Gasteiger partial charge in [-0.15, -0.1) is 5.10 Å². The lowest BCUT2D eigenvalue weighted by atomic mass is 10.4. The summed E-state index contributed by atoms with van der Waals surface area (Å²) in [7, 11) is 0. The second kappa shape index (κ2) is 3.75. The van der Waals surface area contributed by atoms with E-state index in [9.17, 15) is 4.79 Å². The normalized spacial score (nSPS) is 9.38. The van der Waals surface area contributed by atoms with Gasteiger partial charge in [-0.1, -0.05) is 6.58 Å². The van der Waals surface area contributed by atoms with Gasteiger partial charge >= 0.3 is 0 Å². The maximum absolute atomic E-state index is 10.8. The van der Waals surface area contributed by atoms with E-state index >= 15 is 0 Å². The summed E-state index contributed by atoms with van der Waals surface area (Å²) in [5, 5.41) is 9.91. The zero-order chi connectivity index (χ0) is 9.84. The molecule has 0 aromatic carbocycles. The molecular weight excluding hydrogens is 168 g/mol. The van der Waals surface area contributed by atoms with Crippen LogP contribution in [0.15, 0.2) is 12.7 Å². The number of aromatic nitrogens is 3. The molecule has 0 bridgehead atoms. The summed E-state index contributed by atoms with van der Waals surface area (Å²) in [5.74, 6) is -0.141. The number of hydrogen-bond donors (Lipinski definition) is 1. The summed E-state index contributed by atoms with van der Waals surface area (Å²) in [6, 6.07) is 0. The lowest BCUT2D eigenvalue weighted by Gasteiger charge is -2.01. The van der Waals surface area contributed by atoms with Crippen molar-refractivity contribution in [3.8, 4) is 0 Å². The highest BCUT2D eigenvalue weighted by atomic mass is 16.1. The molecule has 1 heterocycles. The first-order chi connectivity index (χ1) is 6.13. The Bertz CT molecular complexity index is 348. The van der Waals surface area contributed by atoms with Gasteiger partial charge in [0.05, 0.1) is 11.4 Å². The minimum Gasteiger partial charge on any atom is -0.290 e. The minimum atomic E-state index is -0.343. The van der Waals surface area contributed by atoms with Crippen LogP contribution in [0.2, 0.25) is 0 Å². The second-order valence-electron chi connectivity index (χ2n) is 2.50. The summed E-state index contributed by atoms with van der Waals surface area (Å²) in [6.07, 6.45) is 1.15. The van der Waals surface area contributed by atoms with Crippen molar-refractivity contribution in [3.05, 3.63) is 24.0 Å². The predicted octanol–water partition coefficient (Wildman–Crippen LogP) is 0.613. The van der Waals surface area contributed by atoms with Gasteiger partial charge in [0, 0.05) is 0 Å². The summed E-state index contributed by atoms with van der Waals surface area (Å²) < 4.78 is 0. The van der Waals surface area contributed by atoms with Crippen LogP contribution in [0, 0.1) is 13.8 Å². The zero-order valence-corrected chi connectivity index (χ0v) is 7.53. The lowest BCUT2D eigenvalue weighted by molar-refractivity contribution is -0.111. The molecule has 1 amide bonds. The molecule has 0 radical (unpaired) electrons. The highest BCUT2D eigenvalue weighted by Gasteiger charge is 2.02. The monoisotopic (exact) mass is 178 g/mol. The molecule has 13 heavy (non-hydrogen) atoms. The van der Waals surface area contributed by atoms with E-state index in [1.165, 1.54) is 0 Å². The number of amides is 1. The minimum absolute atomic E-state index is 0.202. The summed E-state index contributed by atoms with van der Waals surface area (Å²) in [5.41, 5.74) is 1.49. The summed E-state index contributed by atoms with van der Waals surface area (Å²) in [4.78, 5) is 14.8. The van der Waals surface area contributed by atoms with Crippen molar-refractivity contribution >= 4 is 11.9 Å². The Morgan fingerprint density at radius 2 is 2.08 bits per heavy atom. The first kappa shape index (κ1) is 9.31. The Kier molecular flexibility index (Phi) is 2.69. The molecule has 0 aliphatic carbocycles. The van der Waals surface area contributed by atoms with Gasteiger partial charge < -0.3 is 0 Å². The van der Waals surface area contributed by atoms with Crippen molar-refractivity contribution in [2.45, 2.75) is 13.8 Å². The Balaban J connectivity index is 2.85. The van der Waals surface area contributed by atoms with Gasteiger partial charge in [0.2, 0.25) is 11.9 Å². The maximum Gasteiger partial charge on any atom is 0.250 e. The summed E-state index contributed by atoms with van der Waals surface area (Å²) >= 11 is 0. The lowest BCUT2D eigenvalue weighted by Crippen LogP contribution is -2.12. The fourth-order valence-corrected chi connectivity index (χ4v) is 0.671. The molecule has 0 atom stereocenters. The smallest absolute Gasteiger partial charge is 0.250 e. The Labute approximate surface area is 75.9 Å². The fraction of sp³-hybridized carbons (Fsp3) is 0.250. The molecule has 0 saturated heterocycles. The van der Waals surface area contributed by atoms with Gasteiger partial charge in [-0.3, -0.25) is 10.1 Å². The third-order valence-electron chi connectivity index (χ3n) is 1.51. The number of nitrogens with one attached hydrogen (secondary N) is 1. The van der Waals surface area contributed by atoms with E-state index in [1.54, 1.807) is 13.8 Å². The largest absolute Gasteiger partial charge is 0.290 e. The van der Waals surface area contributed by atoms with E-state index in [0.717, 1.165) is 17.5 Å². The molecule has 0 aliphatic heterocycles. The van der Waals surface area contributed by atoms with E-state index in [0.29, 0.717) is 0 Å². The molecule has 1 N–H and O–H groups in total. The number of carbonyl (C=O) groups is 1. The van der Waals surface area contributed by atoms with Gasteiger partial charge in [-0.2, -0.15) is 5.10 Å². The van der Waals surface area contributed by atoms with Crippen molar-refractivity contribution in [2.24, 2.45) is 0 Å². The van der Waals surface area contributed by atoms with Crippen LogP contribution in [0.25, 0.3) is 0 Å². The molecule has 0 unspecified atom stereocenters. The fourth-order valence-electron chi connectivity index (χ4n) is 0.671. The van der Waals surface area contributed by atoms with Crippen molar-refractivity contribution in [1.82, 2.24) is 15.2 Å². The van der Waals surface area contributed by atoms with E-state index in [1.807, 2.05) is 0 Å². The first-order valence-electron chi connectivity index (χ1n) is 3.75. The van der Waals surface area contributed by atoms with E-state index < -0.39 is 0 Å². The zero-order valence-electron chi connectivity index (χ0n) is 7.53. The van der Waals surface area contributed by atoms with E-state index in [4.69, 9.17) is 0 Å². The van der Waals surface area contributed by atoms with Crippen LogP contribution < -0.4 is 5.32 Å². The van der Waals surface area contributed by atoms with Crippen molar-refractivity contribution in [2.75, 3.05) is 5.32 Å². The van der Waals surface area contributed by atoms with Gasteiger partial charge in [-0.05, 0) is 19.9 Å². The third kappa shape index (κ3) is 2.33. The Morgan fingerprint density at radius 1 is 1.38 bits per heavy atom. The first-order valence-corrected chi connectivity index (χ1v) is 3.75. The summed E-state index contributed by atoms with van der Waals surface area (Å²) in [6.45, 7) is 6.91. The molecule has 1 aromatic heterocycles. The molecule has 68 valence electrons. The predicted molar refractivity (Wildman–Crippen MR) is 48.1 cm³/mol. The molecule has 0 aliphatic rings. The molecule has 0 spiro atoms. The van der Waals surface area contributed by atoms with Crippen molar-refractivity contribution < 1.29 is 4.79 Å². The van der Waals surface area contributed by atoms with Crippen LogP contribution in [-0.4, -0.2) is 21.1 Å². The number of nitrogens with zero attached hydrogens (tertiary/aromatic N) is 3. The highest BCUT2D eigenvalue weighted by Crippen LogP contribution is 2.01. The van der Waals surface area contributed by atoms with Crippen molar-refractivity contribution in [1.29, 1.82) is 0 Å². The molecule has 0 fully saturated rings. The van der Waals surface area contributed by atoms with Crippen LogP contribution in [-0.2, 0) is 4.79 Å². The molecular formula is C8H10N4O. The van der Waals surface area contributed by atoms with Crippen LogP contribution >= 0.6 is 0 Å². The Morgan fingerprint density at radius 3 is 2.62 bits per heavy atom. The molecule has 0 saturated carbocycles. The topological polar surface area (TPSA) is 67.8 Å². The van der Waals surface area contributed by atoms with Gasteiger partial charge in [0.25, 0.3) is 0 Å². The van der Waals surface area contributed by atoms with Crippen LogP contribution in [0.3, 0.4) is 0 Å². The SMILES string of the molecule is C=CC(=O)Nc1nnc(C)c(C)n1. The van der Waals surface area contributed by atoms with Gasteiger partial charge in [0.15, 0.2) is 0 Å². The number of carbonyl (C=O) groups excluding carboxylic acids is 1. The average molecular weight is 178 g/mol. The quantitative estimate of drug-likeness (QED) is 0.674. The average Bonchev–Trinajstić information content (AvgIpc) is 2.11. The van der Waals surface area contributed by atoms with Crippen molar-refractivity contribution in [3.63, 3.8) is 0 Å². The molecule has 1 aromatic rings. The molecule has 5 heteroatoms. The highest BCUT2D eigenvalue weighted by molar-refractivity contribution is 5.97. The molecule has 5 nitrogen and oxygen atoms in total. The van der Waals surface area contributed by atoms with Crippen LogP contribution in [0.5, 0.6) is 0 Å². The van der Waals surface area contributed by atoms with Gasteiger partial charge in [0.1, 0.15) is 0 Å². The molecule has 1 rings (SSSR count). The van der Waals surface area contributed by atoms with Gasteiger partial charge in [-0.25, -0.2) is 4.98 Å². The van der Waals surface area contributed by atoms with E-state index in [2.05, 4.69) is 27.1 Å². The second-order valence-corrected chi connectivity index (χ2v) is 2.50. The number of aryl methyl sites for hydroxylation is 2.